The van der Waals surface area contributed by atoms with Crippen LogP contribution in [0.25, 0.3) is 0 Å². The molecule has 0 aromatic heterocycles. The van der Waals surface area contributed by atoms with Crippen molar-refractivity contribution in [2.75, 3.05) is 0 Å². The fourth-order valence-corrected chi connectivity index (χ4v) is 2.40. The van der Waals surface area contributed by atoms with Crippen molar-refractivity contribution in [3.05, 3.63) is 24.3 Å². The molecule has 0 saturated heterocycles. The van der Waals surface area contributed by atoms with E-state index in [1.54, 1.807) is 0 Å². The Bertz CT molecular complexity index is 292. The van der Waals surface area contributed by atoms with E-state index in [4.69, 9.17) is 5.11 Å². The molecule has 0 bridgehead atoms. The van der Waals surface area contributed by atoms with Crippen molar-refractivity contribution in [1.82, 2.24) is 0 Å². The average molecular weight is 309 g/mol. The highest BCUT2D eigenvalue weighted by molar-refractivity contribution is 5.66. The molecule has 0 saturated carbocycles. The van der Waals surface area contributed by atoms with Crippen LogP contribution in [0.5, 0.6) is 0 Å². The summed E-state index contributed by atoms with van der Waals surface area (Å²) in [4.78, 5) is 10.3. The molecule has 0 aromatic carbocycles. The van der Waals surface area contributed by atoms with Crippen molar-refractivity contribution >= 4 is 5.97 Å². The van der Waals surface area contributed by atoms with E-state index >= 15 is 0 Å². The maximum atomic E-state index is 10.3. The molecule has 0 aromatic rings. The Balaban J connectivity index is 3.14. The number of carbonyl (C=O) groups is 1. The van der Waals surface area contributed by atoms with Crippen LogP contribution in [0.1, 0.15) is 96.8 Å². The predicted octanol–water partition coefficient (Wildman–Crippen LogP) is 6.66. The van der Waals surface area contributed by atoms with Gasteiger partial charge in [-0.1, -0.05) is 56.9 Å². The summed E-state index contributed by atoms with van der Waals surface area (Å²) in [6, 6.07) is 0. The average Bonchev–Trinajstić information content (AvgIpc) is 2.50. The lowest BCUT2D eigenvalue weighted by Crippen LogP contribution is -1.92. The topological polar surface area (TPSA) is 37.3 Å². The number of carboxylic acids is 1. The second-order valence-corrected chi connectivity index (χ2v) is 6.07. The van der Waals surface area contributed by atoms with Crippen LogP contribution >= 0.6 is 0 Å². The lowest BCUT2D eigenvalue weighted by atomic mass is 10.1. The van der Waals surface area contributed by atoms with Crippen LogP contribution < -0.4 is 0 Å². The Morgan fingerprint density at radius 2 is 1.09 bits per heavy atom. The number of rotatable bonds is 16. The van der Waals surface area contributed by atoms with Gasteiger partial charge in [-0.15, -0.1) is 0 Å². The Morgan fingerprint density at radius 3 is 1.50 bits per heavy atom. The molecule has 0 fully saturated rings. The molecule has 0 aliphatic rings. The van der Waals surface area contributed by atoms with E-state index in [0.717, 1.165) is 19.3 Å². The van der Waals surface area contributed by atoms with Gasteiger partial charge in [-0.2, -0.15) is 0 Å². The summed E-state index contributed by atoms with van der Waals surface area (Å²) < 4.78 is 0. The predicted molar refractivity (Wildman–Crippen MR) is 96.2 cm³/mol. The third kappa shape index (κ3) is 18.9. The second kappa shape index (κ2) is 18.0. The molecule has 0 unspecified atom stereocenters. The van der Waals surface area contributed by atoms with Gasteiger partial charge in [0, 0.05) is 6.42 Å². The quantitative estimate of drug-likeness (QED) is 0.255. The zero-order chi connectivity index (χ0) is 16.3. The van der Waals surface area contributed by atoms with Crippen molar-refractivity contribution < 1.29 is 9.90 Å². The normalized spacial score (nSPS) is 11.7. The molecule has 0 spiro atoms. The Hall–Kier alpha value is -1.05. The number of hydrogen-bond donors (Lipinski definition) is 1. The van der Waals surface area contributed by atoms with Crippen molar-refractivity contribution in [2.45, 2.75) is 96.8 Å². The molecule has 0 heterocycles. The van der Waals surface area contributed by atoms with Gasteiger partial charge in [0.05, 0.1) is 0 Å². The molecular formula is C20H36O2. The largest absolute Gasteiger partial charge is 0.481 e. The molecule has 128 valence electrons. The standard InChI is InChI=1S/C20H36O2/c1-2-3-4-5-6-7-8-9-10-11-12-13-14-15-16-17-18-19-20(21)22/h6-7,14-15H,2-5,8-13,16-19H2,1H3,(H,21,22). The van der Waals surface area contributed by atoms with Crippen molar-refractivity contribution in [2.24, 2.45) is 0 Å². The summed E-state index contributed by atoms with van der Waals surface area (Å²) in [6.45, 7) is 2.25. The fraction of sp³-hybridized carbons (Fsp3) is 0.750. The summed E-state index contributed by atoms with van der Waals surface area (Å²) >= 11 is 0. The molecule has 2 nitrogen and oxygen atoms in total. The minimum absolute atomic E-state index is 0.306. The van der Waals surface area contributed by atoms with Crippen LogP contribution in [-0.4, -0.2) is 11.1 Å². The summed E-state index contributed by atoms with van der Waals surface area (Å²) in [5, 5.41) is 8.52. The fourth-order valence-electron chi connectivity index (χ4n) is 2.40. The third-order valence-electron chi connectivity index (χ3n) is 3.81. The van der Waals surface area contributed by atoms with Crippen LogP contribution in [0.4, 0.5) is 0 Å². The minimum atomic E-state index is -0.681. The van der Waals surface area contributed by atoms with E-state index in [1.807, 2.05) is 0 Å². The van der Waals surface area contributed by atoms with Crippen LogP contribution in [0.3, 0.4) is 0 Å². The Morgan fingerprint density at radius 1 is 0.682 bits per heavy atom. The second-order valence-electron chi connectivity index (χ2n) is 6.07. The monoisotopic (exact) mass is 308 g/mol. The van der Waals surface area contributed by atoms with E-state index in [1.165, 1.54) is 64.2 Å². The minimum Gasteiger partial charge on any atom is -0.481 e. The van der Waals surface area contributed by atoms with Crippen molar-refractivity contribution in [3.8, 4) is 0 Å². The maximum absolute atomic E-state index is 10.3. The van der Waals surface area contributed by atoms with Gasteiger partial charge in [0.25, 0.3) is 0 Å². The molecule has 0 amide bonds. The number of allylic oxidation sites excluding steroid dienone is 4. The molecule has 0 aliphatic carbocycles. The lowest BCUT2D eigenvalue weighted by molar-refractivity contribution is -0.137. The highest BCUT2D eigenvalue weighted by Gasteiger charge is 1.94. The van der Waals surface area contributed by atoms with Crippen LogP contribution in [-0.2, 0) is 4.79 Å². The van der Waals surface area contributed by atoms with Crippen molar-refractivity contribution in [1.29, 1.82) is 0 Å². The van der Waals surface area contributed by atoms with Gasteiger partial charge >= 0.3 is 5.97 Å². The first-order chi connectivity index (χ1) is 10.8. The van der Waals surface area contributed by atoms with Crippen LogP contribution in [0.15, 0.2) is 24.3 Å². The van der Waals surface area contributed by atoms with Gasteiger partial charge in [-0.3, -0.25) is 4.79 Å². The van der Waals surface area contributed by atoms with Gasteiger partial charge < -0.3 is 5.11 Å². The Kier molecular flexibility index (Phi) is 17.1. The smallest absolute Gasteiger partial charge is 0.303 e. The van der Waals surface area contributed by atoms with E-state index in [-0.39, 0.29) is 0 Å². The highest BCUT2D eigenvalue weighted by atomic mass is 16.4. The molecule has 22 heavy (non-hydrogen) atoms. The zero-order valence-electron chi connectivity index (χ0n) is 14.6. The first-order valence-corrected chi connectivity index (χ1v) is 9.29. The summed E-state index contributed by atoms with van der Waals surface area (Å²) in [5.74, 6) is -0.681. The van der Waals surface area contributed by atoms with Crippen LogP contribution in [0, 0.1) is 0 Å². The first kappa shape index (κ1) is 20.9. The van der Waals surface area contributed by atoms with E-state index in [0.29, 0.717) is 6.42 Å². The highest BCUT2D eigenvalue weighted by Crippen LogP contribution is 2.08. The molecule has 2 heteroatoms. The van der Waals surface area contributed by atoms with Crippen LogP contribution in [0.2, 0.25) is 0 Å². The number of carboxylic acid groups (broad SMARTS) is 1. The van der Waals surface area contributed by atoms with E-state index in [9.17, 15) is 4.79 Å². The van der Waals surface area contributed by atoms with E-state index < -0.39 is 5.97 Å². The first-order valence-electron chi connectivity index (χ1n) is 9.29. The lowest BCUT2D eigenvalue weighted by Gasteiger charge is -1.97. The van der Waals surface area contributed by atoms with Crippen molar-refractivity contribution in [3.63, 3.8) is 0 Å². The third-order valence-corrected chi connectivity index (χ3v) is 3.81. The summed E-state index contributed by atoms with van der Waals surface area (Å²) in [7, 11) is 0. The maximum Gasteiger partial charge on any atom is 0.303 e. The molecule has 1 N–H and O–H groups in total. The number of unbranched alkanes of at least 4 members (excludes halogenated alkanes) is 10. The number of aliphatic carboxylic acids is 1. The van der Waals surface area contributed by atoms with Gasteiger partial charge in [0.15, 0.2) is 0 Å². The summed E-state index contributed by atoms with van der Waals surface area (Å²) in [6.07, 6.45) is 25.2. The van der Waals surface area contributed by atoms with Gasteiger partial charge in [0.1, 0.15) is 0 Å². The molecule has 0 atom stereocenters. The number of hydrogen-bond acceptors (Lipinski definition) is 1. The molecule has 0 rings (SSSR count). The molecule has 0 radical (unpaired) electrons. The Labute approximate surface area is 137 Å². The van der Waals surface area contributed by atoms with Gasteiger partial charge in [-0.05, 0) is 57.8 Å². The molecule has 0 aliphatic heterocycles. The van der Waals surface area contributed by atoms with Gasteiger partial charge in [0.2, 0.25) is 0 Å². The zero-order valence-corrected chi connectivity index (χ0v) is 14.6. The summed E-state index contributed by atoms with van der Waals surface area (Å²) in [5.41, 5.74) is 0. The van der Waals surface area contributed by atoms with E-state index in [2.05, 4.69) is 31.2 Å². The SMILES string of the molecule is CCCCCC=CCCCCCCC=CCCCCC(=O)O. The molecular weight excluding hydrogens is 272 g/mol. The van der Waals surface area contributed by atoms with Gasteiger partial charge in [-0.25, -0.2) is 0 Å².